The number of carbonyl (C=O) groups excluding carboxylic acids is 1. The Bertz CT molecular complexity index is 1420. The molecule has 0 radical (unpaired) electrons. The maximum absolute atomic E-state index is 12.9. The Morgan fingerprint density at radius 3 is 2.40 bits per heavy atom. The van der Waals surface area contributed by atoms with E-state index in [-0.39, 0.29) is 27.3 Å². The van der Waals surface area contributed by atoms with Crippen LogP contribution in [0.2, 0.25) is 0 Å². The van der Waals surface area contributed by atoms with Crippen molar-refractivity contribution in [3.8, 4) is 11.4 Å². The van der Waals surface area contributed by atoms with E-state index in [2.05, 4.69) is 46.4 Å². The Balaban J connectivity index is 1.43. The van der Waals surface area contributed by atoms with Gasteiger partial charge in [-0.05, 0) is 23.1 Å². The minimum absolute atomic E-state index is 0.0208. The molecule has 35 heavy (non-hydrogen) atoms. The molecular weight excluding hydrogens is 488 g/mol. The molecule has 0 aliphatic carbocycles. The van der Waals surface area contributed by atoms with Gasteiger partial charge in [-0.2, -0.15) is 9.29 Å². The van der Waals surface area contributed by atoms with Crippen molar-refractivity contribution in [1.29, 1.82) is 0 Å². The lowest BCUT2D eigenvalue weighted by atomic mass is 9.87. The maximum Gasteiger partial charge on any atom is 0.272 e. The van der Waals surface area contributed by atoms with Gasteiger partial charge in [0.2, 0.25) is 21.2 Å². The summed E-state index contributed by atoms with van der Waals surface area (Å²) in [4.78, 5) is 16.6. The number of hydrogen-bond donors (Lipinski definition) is 1. The Morgan fingerprint density at radius 1 is 1.06 bits per heavy atom. The molecule has 0 atom stereocenters. The Labute approximate surface area is 207 Å². The fraction of sp³-hybridized carbons (Fsp3) is 0.261. The molecule has 0 bridgehead atoms. The number of sulfonamides is 1. The molecule has 2 heterocycles. The van der Waals surface area contributed by atoms with Gasteiger partial charge in [0, 0.05) is 18.2 Å². The van der Waals surface area contributed by atoms with Crippen LogP contribution in [-0.2, 0) is 22.0 Å². The topological polar surface area (TPSA) is 131 Å². The van der Waals surface area contributed by atoms with Crippen molar-refractivity contribution in [1.82, 2.24) is 24.6 Å². The molecule has 1 amide bonds. The number of nitrogens with zero attached hydrogens (tertiary/aromatic N) is 5. The van der Waals surface area contributed by atoms with Crippen molar-refractivity contribution in [2.45, 2.75) is 37.1 Å². The summed E-state index contributed by atoms with van der Waals surface area (Å²) in [6, 6.07) is 16.3. The molecule has 4 rings (SSSR count). The third kappa shape index (κ3) is 5.61. The monoisotopic (exact) mass is 512 g/mol. The Kier molecular flexibility index (Phi) is 6.79. The fourth-order valence-electron chi connectivity index (χ4n) is 3.09. The van der Waals surface area contributed by atoms with Crippen molar-refractivity contribution in [3.05, 3.63) is 71.6 Å². The highest BCUT2D eigenvalue weighted by Crippen LogP contribution is 2.26. The van der Waals surface area contributed by atoms with Crippen LogP contribution < -0.4 is 5.32 Å². The molecule has 0 aliphatic heterocycles. The van der Waals surface area contributed by atoms with Gasteiger partial charge in [0.25, 0.3) is 15.9 Å². The van der Waals surface area contributed by atoms with Crippen LogP contribution in [-0.4, -0.2) is 46.0 Å². The number of rotatable bonds is 7. The van der Waals surface area contributed by atoms with Gasteiger partial charge in [0.05, 0.1) is 6.54 Å². The van der Waals surface area contributed by atoms with Crippen LogP contribution >= 0.6 is 11.3 Å². The summed E-state index contributed by atoms with van der Waals surface area (Å²) in [5.74, 6) is 0.0918. The van der Waals surface area contributed by atoms with Gasteiger partial charge in [-0.25, -0.2) is 8.42 Å². The zero-order valence-electron chi connectivity index (χ0n) is 19.6. The lowest BCUT2D eigenvalue weighted by Crippen LogP contribution is -2.26. The van der Waals surface area contributed by atoms with Gasteiger partial charge in [-0.3, -0.25) is 10.1 Å². The maximum atomic E-state index is 12.9. The molecular formula is C23H24N6O4S2. The highest BCUT2D eigenvalue weighted by Gasteiger charge is 2.28. The van der Waals surface area contributed by atoms with Gasteiger partial charge in [-0.15, -0.1) is 10.2 Å². The van der Waals surface area contributed by atoms with Gasteiger partial charge in [0.1, 0.15) is 0 Å². The van der Waals surface area contributed by atoms with Gasteiger partial charge < -0.3 is 4.52 Å². The normalized spacial score (nSPS) is 12.1. The van der Waals surface area contributed by atoms with Gasteiger partial charge >= 0.3 is 0 Å². The molecule has 10 nitrogen and oxygen atoms in total. The fourth-order valence-corrected chi connectivity index (χ4v) is 5.29. The van der Waals surface area contributed by atoms with E-state index in [1.54, 1.807) is 30.3 Å². The Morgan fingerprint density at radius 2 is 1.74 bits per heavy atom. The van der Waals surface area contributed by atoms with Crippen LogP contribution in [0.25, 0.3) is 11.4 Å². The summed E-state index contributed by atoms with van der Waals surface area (Å²) in [5.41, 5.74) is 2.38. The van der Waals surface area contributed by atoms with E-state index < -0.39 is 15.9 Å². The highest BCUT2D eigenvalue weighted by atomic mass is 32.2. The van der Waals surface area contributed by atoms with Crippen LogP contribution in [0.3, 0.4) is 0 Å². The first-order chi connectivity index (χ1) is 16.5. The molecule has 0 aliphatic rings. The average molecular weight is 513 g/mol. The largest absolute Gasteiger partial charge is 0.338 e. The molecule has 0 fully saturated rings. The lowest BCUT2D eigenvalue weighted by molar-refractivity contribution is 0.102. The molecule has 182 valence electrons. The molecule has 0 saturated carbocycles. The number of amides is 1. The second-order valence-electron chi connectivity index (χ2n) is 8.79. The molecule has 0 unspecified atom stereocenters. The molecule has 0 saturated heterocycles. The SMILES string of the molecule is CN(Cc1nc(-c2ccc(C(C)(C)C)cc2)no1)S(=O)(=O)c1nnc(NC(=O)c2ccccc2)s1. The first kappa shape index (κ1) is 24.6. The summed E-state index contributed by atoms with van der Waals surface area (Å²) in [6.07, 6.45) is 0. The van der Waals surface area contributed by atoms with E-state index in [0.717, 1.165) is 21.2 Å². The molecule has 12 heteroatoms. The number of aromatic nitrogens is 4. The zero-order valence-corrected chi connectivity index (χ0v) is 21.2. The predicted octanol–water partition coefficient (Wildman–Crippen LogP) is 3.96. The second kappa shape index (κ2) is 9.64. The minimum atomic E-state index is -3.99. The molecule has 1 N–H and O–H groups in total. The van der Waals surface area contributed by atoms with E-state index in [0.29, 0.717) is 11.4 Å². The van der Waals surface area contributed by atoms with Crippen molar-refractivity contribution in [2.24, 2.45) is 0 Å². The van der Waals surface area contributed by atoms with Crippen molar-refractivity contribution < 1.29 is 17.7 Å². The summed E-state index contributed by atoms with van der Waals surface area (Å²) < 4.78 is 31.9. The highest BCUT2D eigenvalue weighted by molar-refractivity contribution is 7.91. The third-order valence-electron chi connectivity index (χ3n) is 5.13. The quantitative estimate of drug-likeness (QED) is 0.368. The van der Waals surface area contributed by atoms with Crippen molar-refractivity contribution >= 4 is 32.4 Å². The summed E-state index contributed by atoms with van der Waals surface area (Å²) in [7, 11) is -2.62. The van der Waals surface area contributed by atoms with Crippen LogP contribution in [0.4, 0.5) is 5.13 Å². The van der Waals surface area contributed by atoms with Crippen LogP contribution in [0.1, 0.15) is 42.6 Å². The second-order valence-corrected chi connectivity index (χ2v) is 12.0. The van der Waals surface area contributed by atoms with Crippen molar-refractivity contribution in [2.75, 3.05) is 12.4 Å². The molecule has 2 aromatic heterocycles. The standard InChI is InChI=1S/C23H24N6O4S2/c1-23(2,3)17-12-10-15(11-13-17)19-24-18(33-28-19)14-29(4)35(31,32)22-27-26-21(34-22)25-20(30)16-8-6-5-7-9-16/h5-13H,14H2,1-4H3,(H,25,26,30). The average Bonchev–Trinajstić information content (AvgIpc) is 3.49. The summed E-state index contributed by atoms with van der Waals surface area (Å²) >= 11 is 0.757. The van der Waals surface area contributed by atoms with E-state index in [1.807, 2.05) is 24.3 Å². The Hall–Kier alpha value is -3.48. The predicted molar refractivity (Wildman–Crippen MR) is 131 cm³/mol. The van der Waals surface area contributed by atoms with Gasteiger partial charge in [-0.1, -0.05) is 79.7 Å². The number of benzene rings is 2. The first-order valence-electron chi connectivity index (χ1n) is 10.6. The lowest BCUT2D eigenvalue weighted by Gasteiger charge is -2.18. The van der Waals surface area contributed by atoms with E-state index in [9.17, 15) is 13.2 Å². The number of nitrogens with one attached hydrogen (secondary N) is 1. The van der Waals surface area contributed by atoms with Crippen molar-refractivity contribution in [3.63, 3.8) is 0 Å². The molecule has 2 aromatic carbocycles. The minimum Gasteiger partial charge on any atom is -0.338 e. The zero-order chi connectivity index (χ0) is 25.2. The van der Waals surface area contributed by atoms with E-state index in [1.165, 1.54) is 12.6 Å². The van der Waals surface area contributed by atoms with Crippen LogP contribution in [0, 0.1) is 0 Å². The molecule has 4 aromatic rings. The van der Waals surface area contributed by atoms with Gasteiger partial charge in [0.15, 0.2) is 0 Å². The smallest absolute Gasteiger partial charge is 0.272 e. The summed E-state index contributed by atoms with van der Waals surface area (Å²) in [5, 5.41) is 14.1. The van der Waals surface area contributed by atoms with E-state index >= 15 is 0 Å². The number of carbonyl (C=O) groups is 1. The first-order valence-corrected chi connectivity index (χ1v) is 12.9. The number of hydrogen-bond acceptors (Lipinski definition) is 9. The third-order valence-corrected chi connectivity index (χ3v) is 8.12. The summed E-state index contributed by atoms with van der Waals surface area (Å²) in [6.45, 7) is 6.23. The number of anilines is 1. The van der Waals surface area contributed by atoms with E-state index in [4.69, 9.17) is 4.52 Å². The molecule has 0 spiro atoms. The van der Waals surface area contributed by atoms with Crippen LogP contribution in [0.5, 0.6) is 0 Å². The van der Waals surface area contributed by atoms with Crippen LogP contribution in [0.15, 0.2) is 63.5 Å².